The number of nitrogens with zero attached hydrogens (tertiary/aromatic N) is 2. The van der Waals surface area contributed by atoms with E-state index >= 15 is 0 Å². The Morgan fingerprint density at radius 2 is 0.727 bits per heavy atom. The van der Waals surface area contributed by atoms with Crippen LogP contribution in [0.3, 0.4) is 0 Å². The molecule has 0 heterocycles. The van der Waals surface area contributed by atoms with Gasteiger partial charge in [0.15, 0.2) is 0 Å². The largest absolute Gasteiger partial charge is 2.00 e. The molecule has 0 saturated heterocycles. The van der Waals surface area contributed by atoms with E-state index < -0.39 is 0 Å². The summed E-state index contributed by atoms with van der Waals surface area (Å²) in [6.07, 6.45) is 0. The molecule has 9 heteroatoms. The smallest absolute Gasteiger partial charge is 0.696 e. The first-order valence-corrected chi connectivity index (χ1v) is 1.67. The van der Waals surface area contributed by atoms with Crippen LogP contribution in [0.15, 0.2) is 0 Å². The van der Waals surface area contributed by atoms with Gasteiger partial charge < -0.3 is 47.2 Å². The molecule has 0 amide bonds. The maximum absolute atomic E-state index is 7.13. The molecule has 11 heavy (non-hydrogen) atoms. The summed E-state index contributed by atoms with van der Waals surface area (Å²) in [7, 11) is 0. The topological polar surface area (TPSA) is 174 Å². The van der Waals surface area contributed by atoms with Gasteiger partial charge in [0.25, 0.3) is 0 Å². The molecule has 0 bridgehead atoms. The quantitative estimate of drug-likeness (QED) is 0.236. The van der Waals surface area contributed by atoms with Gasteiger partial charge in [-0.1, -0.05) is 10.8 Å². The van der Waals surface area contributed by atoms with Crippen LogP contribution in [-0.2, 0) is 25.3 Å². The van der Waals surface area contributed by atoms with Crippen LogP contribution in [0.1, 0.15) is 0 Å². The van der Waals surface area contributed by atoms with Gasteiger partial charge in [0.05, 0.1) is 0 Å². The Hall–Kier alpha value is 0.520. The van der Waals surface area contributed by atoms with Crippen molar-refractivity contribution in [1.82, 2.24) is 0 Å². The molecule has 64 valence electrons. The van der Waals surface area contributed by atoms with Gasteiger partial charge in [0.2, 0.25) is 0 Å². The zero-order chi connectivity index (χ0) is 5.41. The number of rotatable bonds is 0. The maximum Gasteiger partial charge on any atom is 2.00 e. The zero-order valence-corrected chi connectivity index (χ0v) is 9.26. The number of thiocyanates is 2. The van der Waals surface area contributed by atoms with E-state index in [1.54, 1.807) is 0 Å². The average molecular weight is 228 g/mol. The molecular formula is C2H8CaN2O4S2. The van der Waals surface area contributed by atoms with Gasteiger partial charge in [-0.3, -0.25) is 0 Å². The van der Waals surface area contributed by atoms with Crippen molar-refractivity contribution in [2.75, 3.05) is 0 Å². The van der Waals surface area contributed by atoms with E-state index in [9.17, 15) is 0 Å². The summed E-state index contributed by atoms with van der Waals surface area (Å²) in [6, 6.07) is 0. The van der Waals surface area contributed by atoms with Crippen molar-refractivity contribution in [3.8, 4) is 10.8 Å². The maximum atomic E-state index is 7.13. The predicted molar refractivity (Wildman–Crippen MR) is 46.2 cm³/mol. The first-order chi connectivity index (χ1) is 2.83. The minimum Gasteiger partial charge on any atom is -0.696 e. The molecule has 6 nitrogen and oxygen atoms in total. The third kappa shape index (κ3) is 2830. The van der Waals surface area contributed by atoms with Crippen molar-refractivity contribution in [3.63, 3.8) is 0 Å². The van der Waals surface area contributed by atoms with Crippen LogP contribution in [0, 0.1) is 21.3 Å². The molecule has 0 aromatic heterocycles. The Balaban J connectivity index is -0.00000000400. The minimum absolute atomic E-state index is 0. The summed E-state index contributed by atoms with van der Waals surface area (Å²) >= 11 is 7.40. The van der Waals surface area contributed by atoms with Gasteiger partial charge in [-0.05, 0) is 0 Å². The van der Waals surface area contributed by atoms with Crippen molar-refractivity contribution < 1.29 is 21.9 Å². The Labute approximate surface area is 105 Å². The summed E-state index contributed by atoms with van der Waals surface area (Å²) in [5.74, 6) is 0. The number of nitriles is 2. The third-order valence-electron chi connectivity index (χ3n) is 0. The van der Waals surface area contributed by atoms with E-state index in [-0.39, 0.29) is 59.6 Å². The molecule has 0 unspecified atom stereocenters. The Morgan fingerprint density at radius 3 is 0.727 bits per heavy atom. The van der Waals surface area contributed by atoms with Crippen LogP contribution in [-0.4, -0.2) is 59.6 Å². The van der Waals surface area contributed by atoms with E-state index in [0.29, 0.717) is 0 Å². The SMILES string of the molecule is N#C[S-].N#C[S-].O.O.O.O.[Ca+2]. The summed E-state index contributed by atoms with van der Waals surface area (Å²) in [5, 5.41) is 16.9. The first-order valence-electron chi connectivity index (χ1n) is 0.855. The van der Waals surface area contributed by atoms with Crippen molar-refractivity contribution in [3.05, 3.63) is 0 Å². The molecule has 0 aliphatic rings. The fourth-order valence-corrected chi connectivity index (χ4v) is 0. The van der Waals surface area contributed by atoms with Crippen molar-refractivity contribution in [2.24, 2.45) is 0 Å². The van der Waals surface area contributed by atoms with Gasteiger partial charge in [-0.15, -0.1) is 0 Å². The molecule has 0 aromatic rings. The van der Waals surface area contributed by atoms with Crippen molar-refractivity contribution in [1.29, 1.82) is 10.5 Å². The summed E-state index contributed by atoms with van der Waals surface area (Å²) in [6.45, 7) is 0. The molecule has 8 N–H and O–H groups in total. The molecule has 0 rings (SSSR count). The van der Waals surface area contributed by atoms with Crippen LogP contribution in [0.4, 0.5) is 0 Å². The van der Waals surface area contributed by atoms with Gasteiger partial charge >= 0.3 is 37.7 Å². The van der Waals surface area contributed by atoms with Crippen LogP contribution < -0.4 is 0 Å². The van der Waals surface area contributed by atoms with Crippen LogP contribution in [0.5, 0.6) is 0 Å². The second-order valence-corrected chi connectivity index (χ2v) is 0.548. The van der Waals surface area contributed by atoms with Gasteiger partial charge in [-0.2, -0.15) is 0 Å². The second-order valence-electron chi connectivity index (χ2n) is 0.183. The molecule has 0 fully saturated rings. The van der Waals surface area contributed by atoms with Crippen LogP contribution in [0.25, 0.3) is 0 Å². The third-order valence-corrected chi connectivity index (χ3v) is 0. The minimum atomic E-state index is 0. The van der Waals surface area contributed by atoms with Crippen molar-refractivity contribution in [2.45, 2.75) is 0 Å². The molecule has 0 radical (unpaired) electrons. The normalized spacial score (nSPS) is 1.27. The molecule has 0 aliphatic heterocycles. The van der Waals surface area contributed by atoms with Gasteiger partial charge in [0.1, 0.15) is 0 Å². The number of hydrogen-bond donors (Lipinski definition) is 0. The molecule has 0 atom stereocenters. The molecular weight excluding hydrogens is 220 g/mol. The Bertz CT molecular complexity index is 79.1. The zero-order valence-electron chi connectivity index (χ0n) is 5.42. The summed E-state index contributed by atoms with van der Waals surface area (Å²) < 4.78 is 0. The predicted octanol–water partition coefficient (Wildman–Crippen LogP) is -3.65. The van der Waals surface area contributed by atoms with E-state index in [2.05, 4.69) is 25.3 Å². The second kappa shape index (κ2) is 150. The molecule has 0 spiro atoms. The van der Waals surface area contributed by atoms with E-state index in [4.69, 9.17) is 10.5 Å². The molecule has 0 saturated carbocycles. The standard InChI is InChI=1S/2CHNS.Ca.4H2O/c2*2-1-3;;;;;/h2*3H;;4*1H2/q;;+2;;;;/p-2. The summed E-state index contributed by atoms with van der Waals surface area (Å²) in [4.78, 5) is 0. The van der Waals surface area contributed by atoms with Gasteiger partial charge in [0, 0.05) is 0 Å². The fourth-order valence-electron chi connectivity index (χ4n) is 0. The molecule has 0 aliphatic carbocycles. The average Bonchev–Trinajstić information content (AvgIpc) is 1.39. The Morgan fingerprint density at radius 1 is 0.727 bits per heavy atom. The monoisotopic (exact) mass is 228 g/mol. The first kappa shape index (κ1) is 62.4. The van der Waals surface area contributed by atoms with Crippen molar-refractivity contribution >= 4 is 63.0 Å². The van der Waals surface area contributed by atoms with E-state index in [1.807, 2.05) is 0 Å². The van der Waals surface area contributed by atoms with E-state index in [0.717, 1.165) is 0 Å². The fraction of sp³-hybridized carbons (Fsp3) is 0. The van der Waals surface area contributed by atoms with Crippen LogP contribution >= 0.6 is 0 Å². The molecule has 0 aromatic carbocycles. The van der Waals surface area contributed by atoms with Crippen LogP contribution in [0.2, 0.25) is 0 Å². The van der Waals surface area contributed by atoms with E-state index in [1.165, 1.54) is 10.8 Å². The number of hydrogen-bond acceptors (Lipinski definition) is 4. The van der Waals surface area contributed by atoms with Gasteiger partial charge in [-0.25, -0.2) is 10.5 Å². The summed E-state index contributed by atoms with van der Waals surface area (Å²) in [5.41, 5.74) is 0. The Kier molecular flexibility index (Phi) is 852.